The molecule has 0 aromatic heterocycles. The van der Waals surface area contributed by atoms with Crippen molar-refractivity contribution in [1.82, 2.24) is 0 Å². The van der Waals surface area contributed by atoms with Gasteiger partial charge in [-0.2, -0.15) is 0 Å². The second kappa shape index (κ2) is 69.5. The first-order valence-corrected chi connectivity index (χ1v) is 34.0. The molecule has 0 aliphatic carbocycles. The van der Waals surface area contributed by atoms with Crippen LogP contribution in [0, 0.1) is 0 Å². The van der Waals surface area contributed by atoms with Gasteiger partial charge in [0.1, 0.15) is 13.2 Å². The van der Waals surface area contributed by atoms with Crippen LogP contribution in [0.2, 0.25) is 0 Å². The second-order valence-electron chi connectivity index (χ2n) is 22.0. The van der Waals surface area contributed by atoms with E-state index in [-0.39, 0.29) is 37.5 Å². The monoisotopic (exact) mass is 1140 g/mol. The van der Waals surface area contributed by atoms with Gasteiger partial charge in [0, 0.05) is 19.3 Å². The summed E-state index contributed by atoms with van der Waals surface area (Å²) in [5, 5.41) is 0. The zero-order valence-corrected chi connectivity index (χ0v) is 53.7. The molecule has 0 saturated heterocycles. The zero-order chi connectivity index (χ0) is 59.9. The molecule has 0 aliphatic rings. The van der Waals surface area contributed by atoms with Crippen LogP contribution in [-0.4, -0.2) is 37.2 Å². The van der Waals surface area contributed by atoms with Crippen molar-refractivity contribution in [2.45, 2.75) is 297 Å². The fourth-order valence-electron chi connectivity index (χ4n) is 8.97. The third kappa shape index (κ3) is 67.7. The Kier molecular flexibility index (Phi) is 65.4. The van der Waals surface area contributed by atoms with E-state index in [9.17, 15) is 14.4 Å². The van der Waals surface area contributed by atoms with Gasteiger partial charge in [0.05, 0.1) is 0 Å². The van der Waals surface area contributed by atoms with E-state index in [0.29, 0.717) is 12.8 Å². The van der Waals surface area contributed by atoms with Crippen molar-refractivity contribution in [2.24, 2.45) is 0 Å². The maximum atomic E-state index is 12.9. The largest absolute Gasteiger partial charge is 0.462 e. The molecule has 0 aromatic rings. The van der Waals surface area contributed by atoms with E-state index < -0.39 is 6.10 Å². The molecule has 0 heterocycles. The number of allylic oxidation sites excluding steroid dienone is 26. The Morgan fingerprint density at radius 1 is 0.253 bits per heavy atom. The Bertz CT molecular complexity index is 1840. The summed E-state index contributed by atoms with van der Waals surface area (Å²) in [4.78, 5) is 38.4. The average Bonchev–Trinajstić information content (AvgIpc) is 3.49. The molecule has 83 heavy (non-hydrogen) atoms. The quantitative estimate of drug-likeness (QED) is 0.0261. The van der Waals surface area contributed by atoms with E-state index in [2.05, 4.69) is 179 Å². The Labute approximate surface area is 511 Å². The number of carbonyl (C=O) groups is 3. The summed E-state index contributed by atoms with van der Waals surface area (Å²) in [5.74, 6) is -0.949. The van der Waals surface area contributed by atoms with Gasteiger partial charge in [-0.25, -0.2) is 0 Å². The fourth-order valence-corrected chi connectivity index (χ4v) is 8.97. The molecule has 1 unspecified atom stereocenters. The summed E-state index contributed by atoms with van der Waals surface area (Å²) < 4.78 is 16.9. The van der Waals surface area contributed by atoms with Crippen LogP contribution in [0.5, 0.6) is 0 Å². The van der Waals surface area contributed by atoms with Gasteiger partial charge < -0.3 is 14.2 Å². The van der Waals surface area contributed by atoms with Gasteiger partial charge in [-0.1, -0.05) is 281 Å². The summed E-state index contributed by atoms with van der Waals surface area (Å²) in [7, 11) is 0. The van der Waals surface area contributed by atoms with Gasteiger partial charge in [0.2, 0.25) is 0 Å². The molecule has 0 N–H and O–H groups in total. The number of rotatable bonds is 60. The van der Waals surface area contributed by atoms with Crippen molar-refractivity contribution < 1.29 is 28.6 Å². The molecule has 0 fully saturated rings. The SMILES string of the molecule is CC/C=C\C/C=C\C/C=C\C/C=C\C/C=C\C/C=C\C/C=C\CCCCCCCCCC(=O)OCC(COC(=O)CCCCCCCCC/C=C\CCCCCCCC)OC(=O)CCCCC/C=C\C/C=C\C/C=C\C/C=C\C/C=C\CC. The van der Waals surface area contributed by atoms with Crippen molar-refractivity contribution >= 4 is 17.9 Å². The lowest BCUT2D eigenvalue weighted by Gasteiger charge is -2.18. The number of hydrogen-bond donors (Lipinski definition) is 0. The molecule has 0 spiro atoms. The van der Waals surface area contributed by atoms with Gasteiger partial charge in [-0.15, -0.1) is 0 Å². The summed E-state index contributed by atoms with van der Waals surface area (Å²) in [6.45, 7) is 6.38. The summed E-state index contributed by atoms with van der Waals surface area (Å²) in [6, 6.07) is 0. The molecule has 0 aromatic carbocycles. The Balaban J connectivity index is 4.45. The first-order valence-electron chi connectivity index (χ1n) is 34.0. The lowest BCUT2D eigenvalue weighted by molar-refractivity contribution is -0.167. The lowest BCUT2D eigenvalue weighted by atomic mass is 10.1. The van der Waals surface area contributed by atoms with Crippen molar-refractivity contribution in [3.63, 3.8) is 0 Å². The molecule has 468 valence electrons. The number of carbonyl (C=O) groups excluding carboxylic acids is 3. The minimum atomic E-state index is -0.811. The Morgan fingerprint density at radius 2 is 0.470 bits per heavy atom. The van der Waals surface area contributed by atoms with Gasteiger partial charge in [0.15, 0.2) is 6.10 Å². The summed E-state index contributed by atoms with van der Waals surface area (Å²) in [5.41, 5.74) is 0. The third-order valence-electron chi connectivity index (χ3n) is 14.0. The van der Waals surface area contributed by atoms with Gasteiger partial charge in [-0.05, 0) is 148 Å². The molecule has 0 bridgehead atoms. The maximum Gasteiger partial charge on any atom is 0.306 e. The smallest absolute Gasteiger partial charge is 0.306 e. The second-order valence-corrected chi connectivity index (χ2v) is 22.0. The van der Waals surface area contributed by atoms with Crippen molar-refractivity contribution in [2.75, 3.05) is 13.2 Å². The molecule has 1 atom stereocenters. The van der Waals surface area contributed by atoms with Gasteiger partial charge in [0.25, 0.3) is 0 Å². The van der Waals surface area contributed by atoms with Gasteiger partial charge in [-0.3, -0.25) is 14.4 Å². The molecular formula is C77H124O6. The maximum absolute atomic E-state index is 12.9. The van der Waals surface area contributed by atoms with Crippen LogP contribution in [0.3, 0.4) is 0 Å². The molecule has 0 radical (unpaired) electrons. The van der Waals surface area contributed by atoms with Crippen LogP contribution in [0.1, 0.15) is 290 Å². The van der Waals surface area contributed by atoms with E-state index in [4.69, 9.17) is 14.2 Å². The fraction of sp³-hybridized carbons (Fsp3) is 0.623. The van der Waals surface area contributed by atoms with Crippen LogP contribution in [0.4, 0.5) is 0 Å². The highest BCUT2D eigenvalue weighted by Gasteiger charge is 2.19. The van der Waals surface area contributed by atoms with Crippen molar-refractivity contribution in [1.29, 1.82) is 0 Å². The standard InChI is InChI=1S/C77H124O6/c1-4-7-10-13-16-19-22-25-28-31-33-34-35-36-37-38-39-40-41-42-44-46-49-52-55-58-61-64-67-70-76(79)82-73-74(72-81-75(78)69-66-63-60-57-54-51-48-45-30-27-24-21-18-15-12-9-6-3)83-77(80)71-68-65-62-59-56-53-50-47-43-32-29-26-23-20-17-14-11-8-5-2/h7-8,10-11,16-17,19-20,25-30,33-34,36-37,39-40,42-44,47,53,56,74H,4-6,9,12-15,18,21-24,31-32,35,38,41,45-46,48-52,54-55,57-73H2,1-3H3/b10-7-,11-8-,19-16-,20-17-,28-25-,29-26-,30-27-,34-33-,37-36-,40-39-,44-42-,47-43-,56-53-. The molecule has 0 rings (SSSR count). The first kappa shape index (κ1) is 78.0. The van der Waals surface area contributed by atoms with Crippen LogP contribution >= 0.6 is 0 Å². The van der Waals surface area contributed by atoms with E-state index in [1.807, 2.05) is 0 Å². The minimum Gasteiger partial charge on any atom is -0.462 e. The van der Waals surface area contributed by atoms with E-state index in [0.717, 1.165) is 148 Å². The normalized spacial score (nSPS) is 13.1. The molecular weight excluding hydrogens is 1020 g/mol. The number of esters is 3. The lowest BCUT2D eigenvalue weighted by Crippen LogP contribution is -2.30. The molecule has 0 amide bonds. The number of ether oxygens (including phenoxy) is 3. The van der Waals surface area contributed by atoms with Crippen LogP contribution in [-0.2, 0) is 28.6 Å². The predicted octanol–water partition coefficient (Wildman–Crippen LogP) is 23.7. The van der Waals surface area contributed by atoms with Crippen LogP contribution < -0.4 is 0 Å². The highest BCUT2D eigenvalue weighted by atomic mass is 16.6. The molecule has 0 saturated carbocycles. The average molecular weight is 1150 g/mol. The van der Waals surface area contributed by atoms with Crippen LogP contribution in [0.25, 0.3) is 0 Å². The summed E-state index contributed by atoms with van der Waals surface area (Å²) in [6.07, 6.45) is 101. The highest BCUT2D eigenvalue weighted by Crippen LogP contribution is 2.15. The molecule has 6 heteroatoms. The Morgan fingerprint density at radius 3 is 0.759 bits per heavy atom. The topological polar surface area (TPSA) is 78.9 Å². The predicted molar refractivity (Wildman–Crippen MR) is 362 cm³/mol. The highest BCUT2D eigenvalue weighted by molar-refractivity contribution is 5.71. The number of hydrogen-bond acceptors (Lipinski definition) is 6. The zero-order valence-electron chi connectivity index (χ0n) is 53.7. The van der Waals surface area contributed by atoms with E-state index in [1.54, 1.807) is 0 Å². The van der Waals surface area contributed by atoms with Gasteiger partial charge >= 0.3 is 17.9 Å². The first-order chi connectivity index (χ1) is 41.0. The van der Waals surface area contributed by atoms with Crippen LogP contribution in [0.15, 0.2) is 158 Å². The van der Waals surface area contributed by atoms with Crippen molar-refractivity contribution in [3.8, 4) is 0 Å². The Hall–Kier alpha value is -4.97. The summed E-state index contributed by atoms with van der Waals surface area (Å²) >= 11 is 0. The third-order valence-corrected chi connectivity index (χ3v) is 14.0. The number of unbranched alkanes of at least 4 members (excludes halogenated alkanes) is 23. The minimum absolute atomic E-state index is 0.103. The molecule has 6 nitrogen and oxygen atoms in total. The van der Waals surface area contributed by atoms with Crippen molar-refractivity contribution in [3.05, 3.63) is 158 Å². The van der Waals surface area contributed by atoms with E-state index >= 15 is 0 Å². The van der Waals surface area contributed by atoms with E-state index in [1.165, 1.54) is 103 Å². The molecule has 0 aliphatic heterocycles.